The third-order valence-electron chi connectivity index (χ3n) is 4.33. The predicted molar refractivity (Wildman–Crippen MR) is 73.6 cm³/mol. The van der Waals surface area contributed by atoms with E-state index in [1.165, 1.54) is 37.8 Å². The van der Waals surface area contributed by atoms with Crippen LogP contribution < -0.4 is 5.32 Å². The highest BCUT2D eigenvalue weighted by molar-refractivity contribution is 5.08. The first kappa shape index (κ1) is 12.0. The second kappa shape index (κ2) is 5.70. The van der Waals surface area contributed by atoms with E-state index in [1.54, 1.807) is 0 Å². The van der Waals surface area contributed by atoms with E-state index in [-0.39, 0.29) is 0 Å². The summed E-state index contributed by atoms with van der Waals surface area (Å²) in [6, 6.07) is 0. The molecule has 1 saturated heterocycles. The zero-order chi connectivity index (χ0) is 12.2. The number of hydrogen-bond acceptors (Lipinski definition) is 2. The van der Waals surface area contributed by atoms with E-state index >= 15 is 0 Å². The minimum Gasteiger partial charge on any atom is -0.334 e. The van der Waals surface area contributed by atoms with E-state index in [9.17, 15) is 0 Å². The average molecular weight is 245 g/mol. The molecule has 1 aromatic heterocycles. The van der Waals surface area contributed by atoms with Gasteiger partial charge in [0, 0.05) is 24.4 Å². The van der Waals surface area contributed by atoms with Crippen molar-refractivity contribution in [3.8, 4) is 0 Å². The maximum atomic E-state index is 4.39. The van der Waals surface area contributed by atoms with Crippen LogP contribution in [0.3, 0.4) is 0 Å². The number of rotatable bonds is 3. The third-order valence-corrected chi connectivity index (χ3v) is 4.33. The summed E-state index contributed by atoms with van der Waals surface area (Å²) < 4.78 is 2.42. The number of nitrogens with zero attached hydrogens (tertiary/aromatic N) is 2. The zero-order valence-electron chi connectivity index (χ0n) is 11.0. The monoisotopic (exact) mass is 245 g/mol. The van der Waals surface area contributed by atoms with Crippen molar-refractivity contribution in [3.63, 3.8) is 0 Å². The van der Waals surface area contributed by atoms with Crippen LogP contribution in [-0.2, 0) is 6.54 Å². The van der Waals surface area contributed by atoms with Crippen molar-refractivity contribution >= 4 is 0 Å². The molecule has 1 aromatic rings. The Morgan fingerprint density at radius 1 is 1.22 bits per heavy atom. The van der Waals surface area contributed by atoms with Crippen molar-refractivity contribution in [2.75, 3.05) is 13.1 Å². The minimum atomic E-state index is 0.716. The molecule has 1 aliphatic carbocycles. The molecule has 2 heterocycles. The van der Waals surface area contributed by atoms with Gasteiger partial charge in [0.2, 0.25) is 0 Å². The highest BCUT2D eigenvalue weighted by atomic mass is 15.1. The topological polar surface area (TPSA) is 29.9 Å². The van der Waals surface area contributed by atoms with Gasteiger partial charge in [-0.3, -0.25) is 0 Å². The first-order chi connectivity index (χ1) is 8.93. The van der Waals surface area contributed by atoms with Gasteiger partial charge in [0.25, 0.3) is 0 Å². The molecule has 3 heteroatoms. The van der Waals surface area contributed by atoms with Gasteiger partial charge in [-0.25, -0.2) is 4.98 Å². The molecule has 1 atom stereocenters. The summed E-state index contributed by atoms with van der Waals surface area (Å²) in [5.41, 5.74) is 1.46. The van der Waals surface area contributed by atoms with Crippen molar-refractivity contribution in [2.45, 2.75) is 44.6 Å². The molecule has 1 N–H and O–H groups in total. The maximum Gasteiger partial charge on any atom is 0.0948 e. The summed E-state index contributed by atoms with van der Waals surface area (Å²) in [6.07, 6.45) is 15.1. The number of imidazole rings is 1. The van der Waals surface area contributed by atoms with Crippen LogP contribution in [0.25, 0.3) is 0 Å². The first-order valence-electron chi connectivity index (χ1n) is 7.29. The van der Waals surface area contributed by atoms with Crippen LogP contribution in [0.2, 0.25) is 0 Å². The smallest absolute Gasteiger partial charge is 0.0948 e. The van der Waals surface area contributed by atoms with E-state index in [0.717, 1.165) is 25.6 Å². The van der Waals surface area contributed by atoms with Crippen LogP contribution in [0.5, 0.6) is 0 Å². The maximum absolute atomic E-state index is 4.39. The lowest BCUT2D eigenvalue weighted by molar-refractivity contribution is 0.383. The Morgan fingerprint density at radius 3 is 2.89 bits per heavy atom. The Bertz CT molecular complexity index is 402. The SMILES string of the molecule is C1=CCC(Cn2cncc2C2CCNCC2)CC1. The summed E-state index contributed by atoms with van der Waals surface area (Å²) in [7, 11) is 0. The molecule has 1 fully saturated rings. The average Bonchev–Trinajstić information content (AvgIpc) is 2.89. The molecule has 98 valence electrons. The second-order valence-electron chi connectivity index (χ2n) is 5.65. The van der Waals surface area contributed by atoms with Crippen LogP contribution in [0.4, 0.5) is 0 Å². The molecular weight excluding hydrogens is 222 g/mol. The van der Waals surface area contributed by atoms with Gasteiger partial charge in [0.1, 0.15) is 0 Å². The number of hydrogen-bond donors (Lipinski definition) is 1. The molecule has 0 bridgehead atoms. The second-order valence-corrected chi connectivity index (χ2v) is 5.65. The molecule has 18 heavy (non-hydrogen) atoms. The van der Waals surface area contributed by atoms with Crippen LogP contribution in [-0.4, -0.2) is 22.6 Å². The molecular formula is C15H23N3. The van der Waals surface area contributed by atoms with E-state index < -0.39 is 0 Å². The highest BCUT2D eigenvalue weighted by Gasteiger charge is 2.20. The summed E-state index contributed by atoms with van der Waals surface area (Å²) in [5, 5.41) is 3.44. The Labute approximate surface area is 109 Å². The predicted octanol–water partition coefficient (Wildman–Crippen LogP) is 2.71. The van der Waals surface area contributed by atoms with Crippen LogP contribution >= 0.6 is 0 Å². The van der Waals surface area contributed by atoms with Crippen molar-refractivity contribution in [3.05, 3.63) is 30.4 Å². The standard InChI is InChI=1S/C15H23N3/c1-2-4-13(5-3-1)11-18-12-17-10-15(18)14-6-8-16-9-7-14/h1-2,10,12-14,16H,3-9,11H2. The first-order valence-corrected chi connectivity index (χ1v) is 7.29. The molecule has 3 rings (SSSR count). The van der Waals surface area contributed by atoms with Crippen LogP contribution in [0, 0.1) is 5.92 Å². The molecule has 0 radical (unpaired) electrons. The van der Waals surface area contributed by atoms with Crippen molar-refractivity contribution in [1.82, 2.24) is 14.9 Å². The molecule has 1 unspecified atom stereocenters. The van der Waals surface area contributed by atoms with Gasteiger partial charge in [0.15, 0.2) is 0 Å². The summed E-state index contributed by atoms with van der Waals surface area (Å²) in [6.45, 7) is 3.47. The fourth-order valence-electron chi connectivity index (χ4n) is 3.24. The Kier molecular flexibility index (Phi) is 3.79. The van der Waals surface area contributed by atoms with E-state index in [1.807, 2.05) is 6.33 Å². The lowest BCUT2D eigenvalue weighted by atomic mass is 9.92. The van der Waals surface area contributed by atoms with Gasteiger partial charge < -0.3 is 9.88 Å². The van der Waals surface area contributed by atoms with Gasteiger partial charge >= 0.3 is 0 Å². The molecule has 1 aliphatic heterocycles. The lowest BCUT2D eigenvalue weighted by Crippen LogP contribution is -2.28. The van der Waals surface area contributed by atoms with Gasteiger partial charge in [-0.05, 0) is 51.1 Å². The van der Waals surface area contributed by atoms with Gasteiger partial charge in [0.05, 0.1) is 6.33 Å². The van der Waals surface area contributed by atoms with E-state index in [2.05, 4.69) is 33.2 Å². The van der Waals surface area contributed by atoms with Gasteiger partial charge in [-0.15, -0.1) is 0 Å². The number of allylic oxidation sites excluding steroid dienone is 2. The summed E-state index contributed by atoms with van der Waals surface area (Å²) in [4.78, 5) is 4.39. The summed E-state index contributed by atoms with van der Waals surface area (Å²) >= 11 is 0. The zero-order valence-corrected chi connectivity index (χ0v) is 11.0. The van der Waals surface area contributed by atoms with E-state index in [4.69, 9.17) is 0 Å². The number of aromatic nitrogens is 2. The minimum absolute atomic E-state index is 0.716. The van der Waals surface area contributed by atoms with Crippen molar-refractivity contribution in [2.24, 2.45) is 5.92 Å². The van der Waals surface area contributed by atoms with Crippen molar-refractivity contribution in [1.29, 1.82) is 0 Å². The van der Waals surface area contributed by atoms with Crippen LogP contribution in [0.15, 0.2) is 24.7 Å². The quantitative estimate of drug-likeness (QED) is 0.830. The molecule has 0 amide bonds. The Hall–Kier alpha value is -1.09. The normalized spacial score (nSPS) is 25.4. The molecule has 2 aliphatic rings. The van der Waals surface area contributed by atoms with Crippen LogP contribution in [0.1, 0.15) is 43.7 Å². The fourth-order valence-corrected chi connectivity index (χ4v) is 3.24. The van der Waals surface area contributed by atoms with Gasteiger partial charge in [-0.2, -0.15) is 0 Å². The number of nitrogens with one attached hydrogen (secondary N) is 1. The van der Waals surface area contributed by atoms with Crippen molar-refractivity contribution < 1.29 is 0 Å². The Morgan fingerprint density at radius 2 is 2.11 bits per heavy atom. The fraction of sp³-hybridized carbons (Fsp3) is 0.667. The molecule has 0 aromatic carbocycles. The molecule has 0 saturated carbocycles. The third kappa shape index (κ3) is 2.66. The Balaban J connectivity index is 1.68. The lowest BCUT2D eigenvalue weighted by Gasteiger charge is -2.25. The number of piperidine rings is 1. The largest absolute Gasteiger partial charge is 0.334 e. The molecule has 0 spiro atoms. The summed E-state index contributed by atoms with van der Waals surface area (Å²) in [5.74, 6) is 1.53. The molecule has 3 nitrogen and oxygen atoms in total. The van der Waals surface area contributed by atoms with Gasteiger partial charge in [-0.1, -0.05) is 12.2 Å². The highest BCUT2D eigenvalue weighted by Crippen LogP contribution is 2.27. The van der Waals surface area contributed by atoms with E-state index in [0.29, 0.717) is 5.92 Å².